The van der Waals surface area contributed by atoms with Crippen LogP contribution in [0.1, 0.15) is 17.3 Å². The van der Waals surface area contributed by atoms with Crippen molar-refractivity contribution in [2.24, 2.45) is 0 Å². The predicted octanol–water partition coefficient (Wildman–Crippen LogP) is 0.0607. The molecule has 6 heteroatoms. The van der Waals surface area contributed by atoms with Gasteiger partial charge >= 0.3 is 0 Å². The maximum atomic E-state index is 11.3. The minimum Gasteiger partial charge on any atom is -0.491 e. The second-order valence-corrected chi connectivity index (χ2v) is 5.13. The van der Waals surface area contributed by atoms with Crippen molar-refractivity contribution in [1.82, 2.24) is 10.2 Å². The summed E-state index contributed by atoms with van der Waals surface area (Å²) in [5.74, 6) is 0.502. The molecule has 1 aromatic rings. The summed E-state index contributed by atoms with van der Waals surface area (Å²) >= 11 is 0. The Hall–Kier alpha value is -1.92. The topological polar surface area (TPSA) is 78.9 Å². The van der Waals surface area contributed by atoms with E-state index in [4.69, 9.17) is 4.74 Å². The molecule has 114 valence electrons. The highest BCUT2D eigenvalue weighted by molar-refractivity contribution is 5.94. The van der Waals surface area contributed by atoms with E-state index in [0.717, 1.165) is 6.54 Å². The third-order valence-corrected chi connectivity index (χ3v) is 3.27. The highest BCUT2D eigenvalue weighted by atomic mass is 16.5. The van der Waals surface area contributed by atoms with Crippen molar-refractivity contribution >= 4 is 11.7 Å². The van der Waals surface area contributed by atoms with E-state index in [1.165, 1.54) is 6.92 Å². The molecule has 1 saturated heterocycles. The van der Waals surface area contributed by atoms with Crippen LogP contribution in [0.2, 0.25) is 0 Å². The van der Waals surface area contributed by atoms with E-state index in [9.17, 15) is 14.7 Å². The van der Waals surface area contributed by atoms with E-state index in [-0.39, 0.29) is 18.3 Å². The molecule has 0 radical (unpaired) electrons. The molecule has 0 aromatic heterocycles. The van der Waals surface area contributed by atoms with Crippen LogP contribution in [0.3, 0.4) is 0 Å². The molecular formula is C15H20N2O4. The molecule has 0 saturated carbocycles. The maximum Gasteiger partial charge on any atom is 0.234 e. The number of hydrogen-bond donors (Lipinski definition) is 2. The van der Waals surface area contributed by atoms with Crippen LogP contribution in [0.15, 0.2) is 24.3 Å². The van der Waals surface area contributed by atoms with Crippen molar-refractivity contribution in [2.45, 2.75) is 13.0 Å². The Morgan fingerprint density at radius 1 is 1.52 bits per heavy atom. The summed E-state index contributed by atoms with van der Waals surface area (Å²) in [7, 11) is 0. The number of aliphatic hydroxyl groups excluding tert-OH is 1. The molecule has 0 spiro atoms. The molecule has 2 rings (SSSR count). The third kappa shape index (κ3) is 4.84. The average Bonchev–Trinajstić information content (AvgIpc) is 2.45. The van der Waals surface area contributed by atoms with Gasteiger partial charge in [0.15, 0.2) is 5.78 Å². The first-order chi connectivity index (χ1) is 10.0. The summed E-state index contributed by atoms with van der Waals surface area (Å²) in [6.07, 6.45) is -0.683. The molecule has 6 nitrogen and oxygen atoms in total. The van der Waals surface area contributed by atoms with Crippen molar-refractivity contribution in [1.29, 1.82) is 0 Å². The van der Waals surface area contributed by atoms with Gasteiger partial charge in [0, 0.05) is 25.2 Å². The van der Waals surface area contributed by atoms with E-state index in [2.05, 4.69) is 5.32 Å². The monoisotopic (exact) mass is 292 g/mol. The first kappa shape index (κ1) is 15.5. The highest BCUT2D eigenvalue weighted by Crippen LogP contribution is 2.14. The van der Waals surface area contributed by atoms with Crippen molar-refractivity contribution in [3.8, 4) is 5.75 Å². The quantitative estimate of drug-likeness (QED) is 0.725. The van der Waals surface area contributed by atoms with Crippen molar-refractivity contribution < 1.29 is 19.4 Å². The molecule has 2 N–H and O–H groups in total. The van der Waals surface area contributed by atoms with Crippen LogP contribution >= 0.6 is 0 Å². The van der Waals surface area contributed by atoms with Gasteiger partial charge in [-0.25, -0.2) is 0 Å². The molecule has 0 bridgehead atoms. The van der Waals surface area contributed by atoms with Gasteiger partial charge in [-0.2, -0.15) is 0 Å². The molecule has 1 aliphatic heterocycles. The fraction of sp³-hybridized carbons (Fsp3) is 0.467. The lowest BCUT2D eigenvalue weighted by Crippen LogP contribution is -2.50. The summed E-state index contributed by atoms with van der Waals surface area (Å²) in [6, 6.07) is 6.86. The van der Waals surface area contributed by atoms with Gasteiger partial charge in [0.1, 0.15) is 18.5 Å². The van der Waals surface area contributed by atoms with Crippen LogP contribution in [0.4, 0.5) is 0 Å². The molecule has 0 aliphatic carbocycles. The zero-order valence-corrected chi connectivity index (χ0v) is 12.0. The number of piperazine rings is 1. The Balaban J connectivity index is 1.80. The van der Waals surface area contributed by atoms with Crippen LogP contribution < -0.4 is 10.1 Å². The van der Waals surface area contributed by atoms with Crippen molar-refractivity contribution in [3.63, 3.8) is 0 Å². The molecule has 1 amide bonds. The van der Waals surface area contributed by atoms with Crippen LogP contribution in [0, 0.1) is 0 Å². The zero-order chi connectivity index (χ0) is 15.2. The number of carbonyl (C=O) groups is 2. The van der Waals surface area contributed by atoms with E-state index in [1.807, 2.05) is 4.90 Å². The minimum absolute atomic E-state index is 0.0245. The van der Waals surface area contributed by atoms with Gasteiger partial charge in [-0.15, -0.1) is 0 Å². The highest BCUT2D eigenvalue weighted by Gasteiger charge is 2.19. The van der Waals surface area contributed by atoms with E-state index >= 15 is 0 Å². The first-order valence-electron chi connectivity index (χ1n) is 6.95. The number of hydrogen-bond acceptors (Lipinski definition) is 5. The normalized spacial score (nSPS) is 17.1. The predicted molar refractivity (Wildman–Crippen MR) is 77.4 cm³/mol. The Morgan fingerprint density at radius 2 is 2.33 bits per heavy atom. The minimum atomic E-state index is -0.683. The second-order valence-electron chi connectivity index (χ2n) is 5.13. The van der Waals surface area contributed by atoms with Gasteiger partial charge in [0.2, 0.25) is 5.91 Å². The number of nitrogens with zero attached hydrogens (tertiary/aromatic N) is 1. The number of β-amino-alcohol motifs (C(OH)–C–C–N with tert-alkyl or cyclic N) is 1. The van der Waals surface area contributed by atoms with Gasteiger partial charge in [-0.1, -0.05) is 12.1 Å². The van der Waals surface area contributed by atoms with Gasteiger partial charge in [0.05, 0.1) is 6.54 Å². The Kier molecular flexibility index (Phi) is 5.30. The standard InChI is InChI=1S/C15H20N2O4/c1-11(18)12-3-2-4-14(7-12)21-10-13(19)8-17-6-5-16-15(20)9-17/h2-4,7,13,19H,5-6,8-10H2,1H3,(H,16,20)/t13-/m1/s1. The maximum absolute atomic E-state index is 11.3. The summed E-state index contributed by atoms with van der Waals surface area (Å²) < 4.78 is 5.50. The molecular weight excluding hydrogens is 272 g/mol. The molecule has 1 atom stereocenters. The van der Waals surface area contributed by atoms with Gasteiger partial charge in [0.25, 0.3) is 0 Å². The van der Waals surface area contributed by atoms with E-state index in [0.29, 0.717) is 30.9 Å². The fourth-order valence-electron chi connectivity index (χ4n) is 2.20. The Morgan fingerprint density at radius 3 is 3.05 bits per heavy atom. The summed E-state index contributed by atoms with van der Waals surface area (Å²) in [6.45, 7) is 3.64. The second kappa shape index (κ2) is 7.19. The zero-order valence-electron chi connectivity index (χ0n) is 12.0. The summed E-state index contributed by atoms with van der Waals surface area (Å²) in [4.78, 5) is 24.4. The number of ketones is 1. The van der Waals surface area contributed by atoms with Crippen LogP contribution in [0.5, 0.6) is 5.75 Å². The third-order valence-electron chi connectivity index (χ3n) is 3.27. The van der Waals surface area contributed by atoms with E-state index in [1.54, 1.807) is 24.3 Å². The largest absolute Gasteiger partial charge is 0.491 e. The first-order valence-corrected chi connectivity index (χ1v) is 6.95. The number of amides is 1. The number of nitrogens with one attached hydrogen (secondary N) is 1. The van der Waals surface area contributed by atoms with Gasteiger partial charge < -0.3 is 15.2 Å². The van der Waals surface area contributed by atoms with Crippen LogP contribution in [-0.4, -0.2) is 60.6 Å². The molecule has 1 heterocycles. The lowest BCUT2D eigenvalue weighted by Gasteiger charge is -2.28. The smallest absolute Gasteiger partial charge is 0.234 e. The fourth-order valence-corrected chi connectivity index (χ4v) is 2.20. The number of Topliss-reactive ketones (excluding diaryl/α,β-unsaturated/α-hetero) is 1. The lowest BCUT2D eigenvalue weighted by molar-refractivity contribution is -0.124. The number of ether oxygens (including phenoxy) is 1. The van der Waals surface area contributed by atoms with Crippen LogP contribution in [-0.2, 0) is 4.79 Å². The summed E-state index contributed by atoms with van der Waals surface area (Å²) in [5.41, 5.74) is 0.578. The number of rotatable bonds is 6. The van der Waals surface area contributed by atoms with Crippen LogP contribution in [0.25, 0.3) is 0 Å². The average molecular weight is 292 g/mol. The van der Waals surface area contributed by atoms with E-state index < -0.39 is 6.10 Å². The number of carbonyl (C=O) groups excluding carboxylic acids is 2. The van der Waals surface area contributed by atoms with Crippen molar-refractivity contribution in [3.05, 3.63) is 29.8 Å². The molecule has 21 heavy (non-hydrogen) atoms. The lowest BCUT2D eigenvalue weighted by atomic mass is 10.1. The Bertz CT molecular complexity index is 518. The SMILES string of the molecule is CC(=O)c1cccc(OC[C@H](O)CN2CCNC(=O)C2)c1. The molecule has 0 unspecified atom stereocenters. The molecule has 1 fully saturated rings. The van der Waals surface area contributed by atoms with Gasteiger partial charge in [-0.05, 0) is 19.1 Å². The molecule has 1 aliphatic rings. The number of aliphatic hydroxyl groups is 1. The summed E-state index contributed by atoms with van der Waals surface area (Å²) in [5, 5.41) is 12.7. The molecule has 1 aromatic carbocycles. The van der Waals surface area contributed by atoms with Crippen molar-refractivity contribution in [2.75, 3.05) is 32.8 Å². The Labute approximate surface area is 123 Å². The van der Waals surface area contributed by atoms with Gasteiger partial charge in [-0.3, -0.25) is 14.5 Å². The number of benzene rings is 1.